The molecule has 0 aromatic heterocycles. The van der Waals surface area contributed by atoms with Crippen LogP contribution in [-0.2, 0) is 23.8 Å². The second kappa shape index (κ2) is 17.9. The number of methoxy groups -OCH3 is 1. The number of ether oxygens (including phenoxy) is 4. The number of rotatable bonds is 5. The molecule has 4 bridgehead atoms. The molecule has 6 rings (SSSR count). The van der Waals surface area contributed by atoms with Crippen LogP contribution in [0.3, 0.4) is 0 Å². The number of aliphatic hydroxyl groups excluding tert-OH is 2. The van der Waals surface area contributed by atoms with E-state index in [0.717, 1.165) is 5.57 Å². The maximum atomic E-state index is 14.7. The van der Waals surface area contributed by atoms with Crippen LogP contribution in [0.15, 0.2) is 65.2 Å². The molecule has 0 aliphatic carbocycles. The molecule has 4 aliphatic heterocycles. The number of benzene rings is 2. The Morgan fingerprint density at radius 3 is 2.40 bits per heavy atom. The van der Waals surface area contributed by atoms with E-state index in [4.69, 9.17) is 18.9 Å². The third-order valence-electron chi connectivity index (χ3n) is 12.5. The smallest absolute Gasteiger partial charge is 0.312 e. The van der Waals surface area contributed by atoms with Crippen molar-refractivity contribution in [2.45, 2.75) is 98.7 Å². The number of nitrogens with zero attached hydrogens (tertiary/aromatic N) is 3. The summed E-state index contributed by atoms with van der Waals surface area (Å²) in [4.78, 5) is 42.9. The van der Waals surface area contributed by atoms with Crippen LogP contribution in [0.4, 0.5) is 17.1 Å². The molecule has 0 saturated carbocycles. The summed E-state index contributed by atoms with van der Waals surface area (Å²) in [5, 5.41) is 59.6. The SMILES string of the molecule is CCN(C)/N=C/C1=CC2Nc3c(c4c(O)c5c(O)c(C)c6c(c35)C(=O)[C@@](C)(O/C=C/[C@H](OC)[C@@H](C)[C@@H](OC(C)=O)[C@H](C)[C@H](O)[C@H](C)[C@@H](O)[C@@H](C)/C=C/C=C(/C)C(=O)N4)O6)N2C=C1. The van der Waals surface area contributed by atoms with Gasteiger partial charge in [0.15, 0.2) is 5.75 Å². The van der Waals surface area contributed by atoms with Crippen LogP contribution in [0.1, 0.15) is 71.3 Å². The van der Waals surface area contributed by atoms with Crippen molar-refractivity contribution >= 4 is 51.7 Å². The highest BCUT2D eigenvalue weighted by atomic mass is 16.7. The Labute approximate surface area is 361 Å². The van der Waals surface area contributed by atoms with Crippen LogP contribution in [0.2, 0.25) is 0 Å². The fourth-order valence-corrected chi connectivity index (χ4v) is 8.51. The van der Waals surface area contributed by atoms with Gasteiger partial charge in [0.1, 0.15) is 29.5 Å². The average molecular weight is 858 g/mol. The maximum absolute atomic E-state index is 14.7. The normalized spacial score (nSPS) is 32.0. The Morgan fingerprint density at radius 1 is 1.03 bits per heavy atom. The van der Waals surface area contributed by atoms with Gasteiger partial charge in [0.2, 0.25) is 0 Å². The molecule has 0 saturated heterocycles. The molecule has 2 aromatic rings. The van der Waals surface area contributed by atoms with Gasteiger partial charge in [-0.25, -0.2) is 0 Å². The molecule has 6 N–H and O–H groups in total. The van der Waals surface area contributed by atoms with E-state index in [2.05, 4.69) is 15.7 Å². The number of Topliss-reactive ketones (excluding diaryl/α,β-unsaturated/α-hetero) is 1. The molecule has 4 heterocycles. The van der Waals surface area contributed by atoms with Gasteiger partial charge in [-0.15, -0.1) is 0 Å². The number of anilines is 3. The van der Waals surface area contributed by atoms with Crippen molar-refractivity contribution in [1.82, 2.24) is 5.01 Å². The highest BCUT2D eigenvalue weighted by Crippen LogP contribution is 2.59. The monoisotopic (exact) mass is 857 g/mol. The number of aliphatic hydroxyl groups is 2. The molecule has 0 radical (unpaired) electrons. The number of esters is 1. The molecule has 16 nitrogen and oxygen atoms in total. The number of phenolic OH excluding ortho intramolecular Hbond substituents is 2. The number of carbonyl (C=O) groups excluding carboxylic acids is 3. The second-order valence-electron chi connectivity index (χ2n) is 16.8. The summed E-state index contributed by atoms with van der Waals surface area (Å²) in [7, 11) is 3.31. The number of hydrogen-bond donors (Lipinski definition) is 6. The Kier molecular flexibility index (Phi) is 13.2. The summed E-state index contributed by atoms with van der Waals surface area (Å²) in [6.45, 7) is 15.5. The summed E-state index contributed by atoms with van der Waals surface area (Å²) < 4.78 is 24.0. The van der Waals surface area contributed by atoms with Crippen molar-refractivity contribution in [2.24, 2.45) is 28.8 Å². The highest BCUT2D eigenvalue weighted by molar-refractivity contribution is 6.27. The van der Waals surface area contributed by atoms with Crippen molar-refractivity contribution in [3.05, 3.63) is 71.2 Å². The largest absolute Gasteiger partial charge is 0.507 e. The summed E-state index contributed by atoms with van der Waals surface area (Å²) in [6, 6.07) is 0. The maximum Gasteiger partial charge on any atom is 0.312 e. The van der Waals surface area contributed by atoms with Crippen LogP contribution >= 0.6 is 0 Å². The number of allylic oxidation sites excluding steroid dienone is 4. The van der Waals surface area contributed by atoms with Gasteiger partial charge in [-0.2, -0.15) is 5.10 Å². The van der Waals surface area contributed by atoms with E-state index in [9.17, 15) is 34.8 Å². The number of hydrazone groups is 1. The predicted octanol–water partition coefficient (Wildman–Crippen LogP) is 6.00. The molecule has 1 unspecified atom stereocenters. The van der Waals surface area contributed by atoms with Gasteiger partial charge in [-0.05, 0) is 44.6 Å². The molecule has 4 aliphatic rings. The number of fused-ring (bicyclic) bond motifs is 2. The Bertz CT molecular complexity index is 2320. The van der Waals surface area contributed by atoms with Crippen LogP contribution in [0.5, 0.6) is 17.2 Å². The molecule has 1 amide bonds. The first-order chi connectivity index (χ1) is 29.3. The summed E-state index contributed by atoms with van der Waals surface area (Å²) in [6.07, 6.45) is 10.5. The lowest BCUT2D eigenvalue weighted by atomic mass is 9.78. The first-order valence-corrected chi connectivity index (χ1v) is 20.8. The molecule has 0 fully saturated rings. The number of ketones is 1. The lowest BCUT2D eigenvalue weighted by Gasteiger charge is -2.38. The quantitative estimate of drug-likeness (QED) is 0.0670. The Balaban J connectivity index is 1.54. The standard InChI is InChI=1S/C46H59N5O11/c1-12-50(10)47-21-29-16-18-51-31(20-29)48-35-32-33-40(55)27(7)43-34(32)44(57)46(9,62-43)60-19-17-30(59-11)24(4)42(61-28(8)52)26(6)39(54)25(5)38(53)22(2)14-13-15-23(3)45(58)49-36(37(35)51)41(33)56/h13-22,24-26,30-31,38-39,42,48,53-56H,12H2,1-11H3,(H,49,58)/b14-13+,19-17+,23-15-,47-21+/t22-,24+,25+,26+,30-,31?,38-,39+,42+,46-/m0/s1. The highest BCUT2D eigenvalue weighted by Gasteiger charge is 2.51. The van der Waals surface area contributed by atoms with Gasteiger partial charge in [0.25, 0.3) is 11.7 Å². The van der Waals surface area contributed by atoms with Crippen molar-refractivity contribution in [3.63, 3.8) is 0 Å². The number of nitrogens with one attached hydrogen (secondary N) is 2. The van der Waals surface area contributed by atoms with Gasteiger partial charge in [0.05, 0.1) is 53.1 Å². The Hall–Kier alpha value is -5.84. The molecule has 2 aromatic carbocycles. The predicted molar refractivity (Wildman–Crippen MR) is 236 cm³/mol. The van der Waals surface area contributed by atoms with Gasteiger partial charge in [-0.3, -0.25) is 14.4 Å². The van der Waals surface area contributed by atoms with E-state index in [0.29, 0.717) is 17.9 Å². The first kappa shape index (κ1) is 45.7. The number of carbonyl (C=O) groups is 3. The van der Waals surface area contributed by atoms with E-state index in [1.165, 1.54) is 27.2 Å². The number of hydrogen-bond acceptors (Lipinski definition) is 15. The van der Waals surface area contributed by atoms with Crippen LogP contribution in [-0.4, -0.2) is 106 Å². The van der Waals surface area contributed by atoms with Gasteiger partial charge < -0.3 is 59.9 Å². The third-order valence-corrected chi connectivity index (χ3v) is 12.5. The molecule has 0 spiro atoms. The van der Waals surface area contributed by atoms with Crippen LogP contribution in [0, 0.1) is 30.6 Å². The van der Waals surface area contributed by atoms with Crippen LogP contribution in [0.25, 0.3) is 10.8 Å². The molecule has 16 heteroatoms. The minimum Gasteiger partial charge on any atom is -0.507 e. The summed E-state index contributed by atoms with van der Waals surface area (Å²) >= 11 is 0. The van der Waals surface area contributed by atoms with Crippen molar-refractivity contribution < 1.29 is 53.8 Å². The van der Waals surface area contributed by atoms with Crippen LogP contribution < -0.4 is 20.3 Å². The molecule has 334 valence electrons. The van der Waals surface area contributed by atoms with Gasteiger partial charge >= 0.3 is 11.8 Å². The minimum absolute atomic E-state index is 0.0185. The van der Waals surface area contributed by atoms with E-state index in [1.807, 2.05) is 26.1 Å². The van der Waals surface area contributed by atoms with Gasteiger partial charge in [0, 0.05) is 80.9 Å². The number of aromatic hydroxyl groups is 2. The fourth-order valence-electron chi connectivity index (χ4n) is 8.51. The minimum atomic E-state index is -1.97. The zero-order valence-corrected chi connectivity index (χ0v) is 37.1. The molecular weight excluding hydrogens is 799 g/mol. The lowest BCUT2D eigenvalue weighted by Crippen LogP contribution is -2.46. The third kappa shape index (κ3) is 8.26. The molecular formula is C46H59N5O11. The molecule has 62 heavy (non-hydrogen) atoms. The Morgan fingerprint density at radius 2 is 1.74 bits per heavy atom. The lowest BCUT2D eigenvalue weighted by molar-refractivity contribution is -0.160. The van der Waals surface area contributed by atoms with Crippen molar-refractivity contribution in [3.8, 4) is 17.2 Å². The van der Waals surface area contributed by atoms with E-state index in [1.54, 1.807) is 88.2 Å². The second-order valence-corrected chi connectivity index (χ2v) is 16.8. The van der Waals surface area contributed by atoms with Gasteiger partial charge in [-0.1, -0.05) is 45.9 Å². The number of amides is 1. The fraction of sp³-hybridized carbons (Fsp3) is 0.478. The average Bonchev–Trinajstić information content (AvgIpc) is 3.75. The van der Waals surface area contributed by atoms with E-state index in [-0.39, 0.29) is 44.7 Å². The zero-order valence-electron chi connectivity index (χ0n) is 37.1. The first-order valence-electron chi connectivity index (χ1n) is 20.8. The topological polar surface area (TPSA) is 212 Å². The summed E-state index contributed by atoms with van der Waals surface area (Å²) in [5.74, 6) is -6.95. The number of phenols is 2. The van der Waals surface area contributed by atoms with Crippen molar-refractivity contribution in [1.29, 1.82) is 0 Å². The van der Waals surface area contributed by atoms with E-state index < -0.39 is 83.4 Å². The zero-order chi connectivity index (χ0) is 45.5. The van der Waals surface area contributed by atoms with Crippen molar-refractivity contribution in [2.75, 3.05) is 36.2 Å². The summed E-state index contributed by atoms with van der Waals surface area (Å²) in [5.41, 5.74) is 1.84. The van der Waals surface area contributed by atoms with E-state index >= 15 is 0 Å². The molecule has 10 atom stereocenters.